The molecule has 3 N–H and O–H groups in total. The molecule has 0 aromatic heterocycles. The molecular formula is C19H29FN2S. The van der Waals surface area contributed by atoms with Crippen molar-refractivity contribution in [2.45, 2.75) is 50.3 Å². The van der Waals surface area contributed by atoms with Crippen LogP contribution < -0.4 is 11.1 Å². The summed E-state index contributed by atoms with van der Waals surface area (Å²) in [5.41, 5.74) is 8.98. The minimum absolute atomic E-state index is 0.0197. The first kappa shape index (κ1) is 18.5. The van der Waals surface area contributed by atoms with Crippen LogP contribution in [0.25, 0.3) is 0 Å². The van der Waals surface area contributed by atoms with Gasteiger partial charge >= 0.3 is 0 Å². The third-order valence-corrected chi connectivity index (χ3v) is 6.39. The predicted octanol–water partition coefficient (Wildman–Crippen LogP) is 4.39. The van der Waals surface area contributed by atoms with Gasteiger partial charge in [-0.3, -0.25) is 0 Å². The van der Waals surface area contributed by atoms with Crippen LogP contribution in [-0.4, -0.2) is 18.5 Å². The minimum atomic E-state index is 0.0197. The van der Waals surface area contributed by atoms with E-state index in [-0.39, 0.29) is 23.2 Å². The fourth-order valence-electron chi connectivity index (χ4n) is 3.40. The summed E-state index contributed by atoms with van der Waals surface area (Å²) in [5.74, 6) is 1.55. The molecule has 1 aromatic carbocycles. The number of rotatable bonds is 7. The van der Waals surface area contributed by atoms with Crippen molar-refractivity contribution in [3.05, 3.63) is 47.3 Å². The Bertz CT molecular complexity index is 532. The lowest BCUT2D eigenvalue weighted by molar-refractivity contribution is 0.229. The molecule has 2 nitrogen and oxygen atoms in total. The van der Waals surface area contributed by atoms with Crippen LogP contribution >= 0.6 is 11.8 Å². The zero-order valence-corrected chi connectivity index (χ0v) is 15.2. The van der Waals surface area contributed by atoms with Crippen molar-refractivity contribution in [2.75, 3.05) is 7.05 Å². The van der Waals surface area contributed by atoms with Crippen molar-refractivity contribution < 1.29 is 4.39 Å². The molecule has 1 aliphatic rings. The van der Waals surface area contributed by atoms with Crippen molar-refractivity contribution in [3.63, 3.8) is 0 Å². The van der Waals surface area contributed by atoms with Gasteiger partial charge in [-0.25, -0.2) is 4.39 Å². The van der Waals surface area contributed by atoms with Crippen LogP contribution in [0.4, 0.5) is 4.39 Å². The summed E-state index contributed by atoms with van der Waals surface area (Å²) in [5, 5.41) is 3.62. The van der Waals surface area contributed by atoms with E-state index < -0.39 is 0 Å². The summed E-state index contributed by atoms with van der Waals surface area (Å²) in [7, 11) is 1.97. The standard InChI is InChI=1S/C19H29FN2S/c1-4-18(21)16-10-9-15(20)11-17(16)19(22-3)23-12-14-8-6-5-7-13(14)2/h5-9,16-19,22H,4,10-12,21H2,1-3H3/t16?,17?,18-,19?/m0/s1. The molecule has 0 amide bonds. The van der Waals surface area contributed by atoms with E-state index in [9.17, 15) is 4.39 Å². The van der Waals surface area contributed by atoms with E-state index in [0.29, 0.717) is 12.3 Å². The van der Waals surface area contributed by atoms with Gasteiger partial charge in [0.2, 0.25) is 0 Å². The second-order valence-corrected chi connectivity index (χ2v) is 7.57. The lowest BCUT2D eigenvalue weighted by Gasteiger charge is -2.38. The fraction of sp³-hybridized carbons (Fsp3) is 0.579. The zero-order valence-electron chi connectivity index (χ0n) is 14.4. The number of hydrogen-bond donors (Lipinski definition) is 2. The number of allylic oxidation sites excluding steroid dienone is 2. The molecule has 0 bridgehead atoms. The van der Waals surface area contributed by atoms with Crippen LogP contribution in [0.2, 0.25) is 0 Å². The molecular weight excluding hydrogens is 307 g/mol. The number of hydrogen-bond acceptors (Lipinski definition) is 3. The van der Waals surface area contributed by atoms with E-state index in [1.165, 1.54) is 11.1 Å². The van der Waals surface area contributed by atoms with Crippen LogP contribution in [-0.2, 0) is 5.75 Å². The predicted molar refractivity (Wildman–Crippen MR) is 99.0 cm³/mol. The lowest BCUT2D eigenvalue weighted by atomic mass is 9.77. The second-order valence-electron chi connectivity index (χ2n) is 6.44. The van der Waals surface area contributed by atoms with E-state index in [2.05, 4.69) is 43.4 Å². The van der Waals surface area contributed by atoms with E-state index in [1.54, 1.807) is 6.08 Å². The highest BCUT2D eigenvalue weighted by molar-refractivity contribution is 7.99. The Kier molecular flexibility index (Phi) is 7.12. The number of nitrogens with two attached hydrogens (primary N) is 1. The molecule has 0 aliphatic heterocycles. The molecule has 4 atom stereocenters. The molecule has 1 aromatic rings. The molecule has 3 unspecified atom stereocenters. The zero-order chi connectivity index (χ0) is 16.8. The third kappa shape index (κ3) is 4.82. The summed E-state index contributed by atoms with van der Waals surface area (Å²) in [4.78, 5) is 0. The molecule has 0 heterocycles. The van der Waals surface area contributed by atoms with Gasteiger partial charge in [0, 0.05) is 18.2 Å². The largest absolute Gasteiger partial charge is 0.327 e. The molecule has 2 rings (SSSR count). The van der Waals surface area contributed by atoms with Crippen molar-refractivity contribution in [1.29, 1.82) is 0 Å². The minimum Gasteiger partial charge on any atom is -0.327 e. The van der Waals surface area contributed by atoms with Gasteiger partial charge in [-0.2, -0.15) is 0 Å². The summed E-state index contributed by atoms with van der Waals surface area (Å²) >= 11 is 1.87. The first-order valence-electron chi connectivity index (χ1n) is 8.50. The first-order chi connectivity index (χ1) is 11.1. The molecule has 0 saturated carbocycles. The number of aryl methyl sites for hydroxylation is 1. The average Bonchev–Trinajstić information content (AvgIpc) is 2.56. The molecule has 4 heteroatoms. The Morgan fingerprint density at radius 2 is 2.09 bits per heavy atom. The molecule has 0 spiro atoms. The molecule has 0 fully saturated rings. The van der Waals surface area contributed by atoms with Crippen LogP contribution in [0.15, 0.2) is 36.2 Å². The summed E-state index contributed by atoms with van der Waals surface area (Å²) < 4.78 is 13.9. The third-order valence-electron chi connectivity index (χ3n) is 4.97. The van der Waals surface area contributed by atoms with Gasteiger partial charge in [-0.05, 0) is 49.8 Å². The number of halogens is 1. The van der Waals surface area contributed by atoms with E-state index >= 15 is 0 Å². The lowest BCUT2D eigenvalue weighted by Crippen LogP contribution is -2.44. The van der Waals surface area contributed by atoms with Crippen molar-refractivity contribution in [1.82, 2.24) is 5.32 Å². The summed E-state index contributed by atoms with van der Waals surface area (Å²) in [6.45, 7) is 4.26. The topological polar surface area (TPSA) is 38.0 Å². The van der Waals surface area contributed by atoms with Crippen LogP contribution in [0, 0.1) is 18.8 Å². The van der Waals surface area contributed by atoms with Gasteiger partial charge < -0.3 is 11.1 Å². The van der Waals surface area contributed by atoms with Gasteiger partial charge in [0.1, 0.15) is 0 Å². The molecule has 0 radical (unpaired) electrons. The highest BCUT2D eigenvalue weighted by Crippen LogP contribution is 2.39. The van der Waals surface area contributed by atoms with Crippen molar-refractivity contribution in [2.24, 2.45) is 17.6 Å². The quantitative estimate of drug-likeness (QED) is 0.725. The van der Waals surface area contributed by atoms with Gasteiger partial charge in [-0.15, -0.1) is 11.8 Å². The smallest absolute Gasteiger partial charge is 0.0963 e. The Morgan fingerprint density at radius 3 is 2.74 bits per heavy atom. The highest BCUT2D eigenvalue weighted by Gasteiger charge is 2.35. The maximum absolute atomic E-state index is 13.9. The van der Waals surface area contributed by atoms with Crippen molar-refractivity contribution in [3.8, 4) is 0 Å². The fourth-order valence-corrected chi connectivity index (χ4v) is 4.79. The Labute approximate surface area is 144 Å². The number of thioether (sulfide) groups is 1. The molecule has 0 saturated heterocycles. The Hall–Kier alpha value is -0.840. The van der Waals surface area contributed by atoms with Gasteiger partial charge in [0.25, 0.3) is 0 Å². The van der Waals surface area contributed by atoms with Crippen LogP contribution in [0.1, 0.15) is 37.3 Å². The van der Waals surface area contributed by atoms with E-state index in [0.717, 1.165) is 18.6 Å². The summed E-state index contributed by atoms with van der Waals surface area (Å²) in [6.07, 6.45) is 3.93. The molecule has 23 heavy (non-hydrogen) atoms. The van der Waals surface area contributed by atoms with E-state index in [1.807, 2.05) is 18.8 Å². The maximum atomic E-state index is 13.9. The molecule has 128 valence electrons. The summed E-state index contributed by atoms with van der Waals surface area (Å²) in [6, 6.07) is 8.60. The second kappa shape index (κ2) is 8.86. The Balaban J connectivity index is 2.08. The Morgan fingerprint density at radius 1 is 1.35 bits per heavy atom. The SMILES string of the molecule is CC[C@H](N)C1CC=C(F)CC1C(NC)SCc1ccccc1C. The van der Waals surface area contributed by atoms with Crippen LogP contribution in [0.3, 0.4) is 0 Å². The first-order valence-corrected chi connectivity index (χ1v) is 9.55. The van der Waals surface area contributed by atoms with Gasteiger partial charge in [0.15, 0.2) is 0 Å². The maximum Gasteiger partial charge on any atom is 0.0963 e. The van der Waals surface area contributed by atoms with Crippen molar-refractivity contribution >= 4 is 11.8 Å². The van der Waals surface area contributed by atoms with Gasteiger partial charge in [-0.1, -0.05) is 37.3 Å². The van der Waals surface area contributed by atoms with Crippen LogP contribution in [0.5, 0.6) is 0 Å². The highest BCUT2D eigenvalue weighted by atomic mass is 32.2. The monoisotopic (exact) mass is 336 g/mol. The normalized spacial score (nSPS) is 24.1. The average molecular weight is 337 g/mol. The van der Waals surface area contributed by atoms with Gasteiger partial charge in [0.05, 0.1) is 11.2 Å². The van der Waals surface area contributed by atoms with E-state index in [4.69, 9.17) is 5.73 Å². The molecule has 1 aliphatic carbocycles. The number of benzene rings is 1. The number of nitrogens with one attached hydrogen (secondary N) is 1.